The molecule has 0 aliphatic rings. The van der Waals surface area contributed by atoms with E-state index in [-0.39, 0.29) is 0 Å². The van der Waals surface area contributed by atoms with Crippen molar-refractivity contribution in [2.75, 3.05) is 26.3 Å². The molecule has 0 aromatic rings. The number of rotatable bonds is 13. The van der Waals surface area contributed by atoms with Gasteiger partial charge in [-0.3, -0.25) is 0 Å². The molecule has 0 aliphatic carbocycles. The number of hydrogen-bond donors (Lipinski definition) is 0. The lowest BCUT2D eigenvalue weighted by Crippen LogP contribution is -2.46. The molecule has 0 aromatic carbocycles. The second-order valence-electron chi connectivity index (χ2n) is 6.21. The summed E-state index contributed by atoms with van der Waals surface area (Å²) in [5.41, 5.74) is 0. The van der Waals surface area contributed by atoms with Crippen LogP contribution in [-0.2, 0) is 0 Å². The average Bonchev–Trinajstić information content (AvgIpc) is 2.38. The first-order chi connectivity index (χ1) is 8.68. The summed E-state index contributed by atoms with van der Waals surface area (Å²) in [4.78, 5) is 0. The van der Waals surface area contributed by atoms with E-state index in [0.717, 1.165) is 0 Å². The Bertz CT molecular complexity index is 156. The van der Waals surface area contributed by atoms with Gasteiger partial charge in [-0.2, -0.15) is 0 Å². The van der Waals surface area contributed by atoms with Crippen LogP contribution in [0.15, 0.2) is 0 Å². The number of unbranched alkanes of at least 4 members (excludes halogenated alkanes) is 8. The van der Waals surface area contributed by atoms with Crippen molar-refractivity contribution in [1.82, 2.24) is 0 Å². The normalized spacial score (nSPS) is 12.2. The maximum atomic E-state index is 2.49. The van der Waals surface area contributed by atoms with Crippen molar-refractivity contribution in [2.24, 2.45) is 0 Å². The van der Waals surface area contributed by atoms with Crippen molar-refractivity contribution in [3.63, 3.8) is 0 Å². The fourth-order valence-corrected chi connectivity index (χ4v) is 3.25. The van der Waals surface area contributed by atoms with E-state index in [1.807, 2.05) is 0 Å². The Morgan fingerprint density at radius 2 is 1.06 bits per heavy atom. The van der Waals surface area contributed by atoms with Gasteiger partial charge in [0.2, 0.25) is 0 Å². The summed E-state index contributed by atoms with van der Waals surface area (Å²) in [6.07, 6.45) is 15.8. The lowest BCUT2D eigenvalue weighted by Gasteiger charge is -2.34. The van der Waals surface area contributed by atoms with Crippen LogP contribution in [0.1, 0.15) is 78.1 Å². The van der Waals surface area contributed by atoms with Crippen LogP contribution >= 0.6 is 0 Å². The van der Waals surface area contributed by atoms with E-state index in [1.54, 1.807) is 0 Å². The summed E-state index contributed by atoms with van der Waals surface area (Å²) in [6, 6.07) is 0. The maximum Gasteiger partial charge on any atom is 0.0781 e. The van der Waals surface area contributed by atoms with E-state index < -0.39 is 0 Å². The Labute approximate surface area is 119 Å². The van der Waals surface area contributed by atoms with Crippen LogP contribution in [0.3, 0.4) is 0 Å². The fraction of sp³-hybridized carbons (Fsp3) is 1.00. The Balaban J connectivity index is 3.60. The highest BCUT2D eigenvalue weighted by Gasteiger charge is 2.17. The third-order valence-electron chi connectivity index (χ3n) is 4.37. The molecule has 0 fully saturated rings. The predicted molar refractivity (Wildman–Crippen MR) is 88.2 cm³/mol. The largest absolute Gasteiger partial charge is 0.330 e. The minimum atomic E-state index is 1.36. The molecule has 0 bridgehead atoms. The van der Waals surface area contributed by atoms with Gasteiger partial charge < -0.3 is 4.48 Å². The Morgan fingerprint density at radius 3 is 1.39 bits per heavy atom. The van der Waals surface area contributed by atoms with Gasteiger partial charge in [0.05, 0.1) is 36.5 Å². The lowest BCUT2D eigenvalue weighted by atomic mass is 10.1. The predicted octanol–water partition coefficient (Wildman–Crippen LogP) is 3.70. The molecule has 0 amide bonds. The van der Waals surface area contributed by atoms with Crippen molar-refractivity contribution in [1.29, 1.82) is 0 Å². The molecular weight excluding hydrogens is 234 g/mol. The van der Waals surface area contributed by atoms with Crippen LogP contribution in [-0.4, -0.2) is 41.0 Å². The number of nitrogens with zero attached hydrogens (tertiary/aromatic N) is 1. The van der Waals surface area contributed by atoms with Gasteiger partial charge in [-0.15, -0.1) is 0 Å². The van der Waals surface area contributed by atoms with Gasteiger partial charge >= 0.3 is 0 Å². The molecule has 0 saturated carbocycles. The average molecular weight is 273 g/mol. The third-order valence-corrected chi connectivity index (χ3v) is 5.89. The van der Waals surface area contributed by atoms with Gasteiger partial charge in [-0.1, -0.05) is 52.4 Å². The summed E-state index contributed by atoms with van der Waals surface area (Å²) >= 11 is 0. The molecule has 0 rings (SSSR count). The van der Waals surface area contributed by atoms with E-state index in [0.29, 0.717) is 0 Å². The van der Waals surface area contributed by atoms with E-state index in [9.17, 15) is 0 Å². The summed E-state index contributed by atoms with van der Waals surface area (Å²) in [6.45, 7) is 7.46. The zero-order valence-electron chi connectivity index (χ0n) is 13.6. The quantitative estimate of drug-likeness (QED) is 0.272. The zero-order chi connectivity index (χ0) is 13.7. The van der Waals surface area contributed by atoms with Crippen LogP contribution in [0.2, 0.25) is 0 Å². The van der Waals surface area contributed by atoms with Crippen LogP contribution in [0.4, 0.5) is 0 Å². The Hall–Kier alpha value is 0.177. The van der Waals surface area contributed by atoms with E-state index in [1.165, 1.54) is 98.2 Å². The standard InChI is InChI=1S/C16H38NSi/c1-4-6-8-10-12-14-17(3,16-18)15-13-11-9-7-5-2/h4-16H2,1-3,18H3/q+1. The molecule has 0 radical (unpaired) electrons. The summed E-state index contributed by atoms with van der Waals surface area (Å²) in [7, 11) is 3.85. The Kier molecular flexibility index (Phi) is 12.3. The summed E-state index contributed by atoms with van der Waals surface area (Å²) in [5.74, 6) is 0. The first kappa shape index (κ1) is 18.2. The highest BCUT2D eigenvalue weighted by atomic mass is 28.1. The van der Waals surface area contributed by atoms with Crippen molar-refractivity contribution in [3.8, 4) is 0 Å². The molecule has 0 spiro atoms. The highest BCUT2D eigenvalue weighted by Crippen LogP contribution is 2.11. The molecular formula is C16H38NSi+. The van der Waals surface area contributed by atoms with Gasteiger partial charge in [0.1, 0.15) is 0 Å². The second-order valence-corrected chi connectivity index (χ2v) is 6.84. The van der Waals surface area contributed by atoms with Crippen molar-refractivity contribution < 1.29 is 4.48 Å². The van der Waals surface area contributed by atoms with Crippen LogP contribution in [0.5, 0.6) is 0 Å². The van der Waals surface area contributed by atoms with Crippen molar-refractivity contribution >= 4 is 10.2 Å². The Morgan fingerprint density at radius 1 is 0.667 bits per heavy atom. The lowest BCUT2D eigenvalue weighted by molar-refractivity contribution is -0.899. The second kappa shape index (κ2) is 12.2. The molecule has 110 valence electrons. The monoisotopic (exact) mass is 272 g/mol. The van der Waals surface area contributed by atoms with Gasteiger partial charge in [-0.05, 0) is 25.7 Å². The van der Waals surface area contributed by atoms with Gasteiger partial charge in [0, 0.05) is 0 Å². The molecule has 0 N–H and O–H groups in total. The van der Waals surface area contributed by atoms with Gasteiger partial charge in [0.15, 0.2) is 0 Å². The third kappa shape index (κ3) is 10.1. The molecule has 1 nitrogen and oxygen atoms in total. The smallest absolute Gasteiger partial charge is 0.0781 e. The number of hydrogen-bond acceptors (Lipinski definition) is 0. The van der Waals surface area contributed by atoms with Crippen LogP contribution in [0, 0.1) is 0 Å². The fourth-order valence-electron chi connectivity index (χ4n) is 2.62. The molecule has 0 saturated heterocycles. The molecule has 2 heteroatoms. The van der Waals surface area contributed by atoms with Crippen LogP contribution in [0.25, 0.3) is 0 Å². The highest BCUT2D eigenvalue weighted by molar-refractivity contribution is 6.08. The molecule has 0 unspecified atom stereocenters. The van der Waals surface area contributed by atoms with E-state index in [4.69, 9.17) is 0 Å². The number of quaternary nitrogens is 1. The topological polar surface area (TPSA) is 0 Å². The summed E-state index contributed by atoms with van der Waals surface area (Å²) in [5, 5.41) is 0. The summed E-state index contributed by atoms with van der Waals surface area (Å²) < 4.78 is 1.37. The van der Waals surface area contributed by atoms with E-state index in [2.05, 4.69) is 20.9 Å². The van der Waals surface area contributed by atoms with Crippen molar-refractivity contribution in [3.05, 3.63) is 0 Å². The van der Waals surface area contributed by atoms with E-state index >= 15 is 0 Å². The zero-order valence-corrected chi connectivity index (χ0v) is 15.6. The minimum Gasteiger partial charge on any atom is -0.330 e. The van der Waals surface area contributed by atoms with Crippen LogP contribution < -0.4 is 0 Å². The molecule has 18 heavy (non-hydrogen) atoms. The first-order valence-corrected chi connectivity index (χ1v) is 9.93. The molecule has 0 aliphatic heterocycles. The minimum absolute atomic E-state index is 1.36. The SMILES string of the molecule is CCCCCCC[N+](C)(C[SiH3])CCCCCCC. The maximum absolute atomic E-state index is 2.49. The molecule has 0 aromatic heterocycles. The van der Waals surface area contributed by atoms with Gasteiger partial charge in [-0.25, -0.2) is 0 Å². The molecule has 0 atom stereocenters. The van der Waals surface area contributed by atoms with Gasteiger partial charge in [0.25, 0.3) is 0 Å². The molecule has 0 heterocycles. The first-order valence-electron chi connectivity index (χ1n) is 8.52. The van der Waals surface area contributed by atoms with Crippen molar-refractivity contribution in [2.45, 2.75) is 78.1 Å².